The van der Waals surface area contributed by atoms with Crippen LogP contribution in [0.15, 0.2) is 60.7 Å². The van der Waals surface area contributed by atoms with Gasteiger partial charge in [-0.2, -0.15) is 0 Å². The van der Waals surface area contributed by atoms with Gasteiger partial charge in [0.1, 0.15) is 0 Å². The van der Waals surface area contributed by atoms with Crippen LogP contribution in [0.4, 0.5) is 0 Å². The lowest BCUT2D eigenvalue weighted by Gasteiger charge is -2.14. The van der Waals surface area contributed by atoms with E-state index in [9.17, 15) is 0 Å². The third-order valence-electron chi connectivity index (χ3n) is 3.33. The van der Waals surface area contributed by atoms with Crippen LogP contribution in [0, 0.1) is 0 Å². The first-order valence-corrected chi connectivity index (χ1v) is 7.43. The Labute approximate surface area is 132 Å². The molecule has 3 aromatic carbocycles. The lowest BCUT2D eigenvalue weighted by molar-refractivity contribution is 1.16. The first kappa shape index (κ1) is 13.8. The van der Waals surface area contributed by atoms with E-state index in [4.69, 9.17) is 34.8 Å². The summed E-state index contributed by atoms with van der Waals surface area (Å²) in [7, 11) is 0. The smallest absolute Gasteiger partial charge is 0.0841 e. The summed E-state index contributed by atoms with van der Waals surface area (Å²) in [5.74, 6) is 0. The predicted molar refractivity (Wildman–Crippen MR) is 88.1 cm³/mol. The molecule has 0 nitrogen and oxygen atoms in total. The molecular formula is C17H11Cl3. The monoisotopic (exact) mass is 320 g/mol. The van der Waals surface area contributed by atoms with Gasteiger partial charge < -0.3 is 0 Å². The molecule has 0 spiro atoms. The molecular weight excluding hydrogens is 311 g/mol. The van der Waals surface area contributed by atoms with Crippen LogP contribution in [0.5, 0.6) is 0 Å². The van der Waals surface area contributed by atoms with Crippen molar-refractivity contribution in [1.29, 1.82) is 0 Å². The molecule has 1 atom stereocenters. The number of hydrogen-bond donors (Lipinski definition) is 0. The van der Waals surface area contributed by atoms with Gasteiger partial charge in [-0.15, -0.1) is 11.6 Å². The fourth-order valence-electron chi connectivity index (χ4n) is 2.32. The Kier molecular flexibility index (Phi) is 3.89. The Hall–Kier alpha value is -1.21. The zero-order valence-electron chi connectivity index (χ0n) is 10.5. The standard InChI is InChI=1S/C17H11Cl3/c18-15-9-8-12(10-16(15)19)17(20)14-7-3-5-11-4-1-2-6-13(11)14/h1-10,17H. The van der Waals surface area contributed by atoms with Crippen molar-refractivity contribution in [3.05, 3.63) is 81.8 Å². The summed E-state index contributed by atoms with van der Waals surface area (Å²) in [5.41, 5.74) is 2.01. The lowest BCUT2D eigenvalue weighted by Crippen LogP contribution is -1.94. The van der Waals surface area contributed by atoms with Crippen molar-refractivity contribution in [3.63, 3.8) is 0 Å². The third kappa shape index (κ3) is 2.52. The van der Waals surface area contributed by atoms with E-state index < -0.39 is 0 Å². The van der Waals surface area contributed by atoms with Crippen molar-refractivity contribution in [2.45, 2.75) is 5.38 Å². The van der Waals surface area contributed by atoms with Gasteiger partial charge in [0, 0.05) is 0 Å². The van der Waals surface area contributed by atoms with E-state index in [-0.39, 0.29) is 5.38 Å². The van der Waals surface area contributed by atoms with Gasteiger partial charge in [-0.25, -0.2) is 0 Å². The van der Waals surface area contributed by atoms with E-state index in [1.807, 2.05) is 36.4 Å². The molecule has 3 rings (SSSR count). The van der Waals surface area contributed by atoms with E-state index in [1.54, 1.807) is 6.07 Å². The molecule has 0 aliphatic rings. The van der Waals surface area contributed by atoms with Crippen molar-refractivity contribution in [1.82, 2.24) is 0 Å². The minimum Gasteiger partial charge on any atom is -0.113 e. The van der Waals surface area contributed by atoms with Crippen molar-refractivity contribution >= 4 is 45.6 Å². The van der Waals surface area contributed by atoms with Crippen LogP contribution in [0.3, 0.4) is 0 Å². The highest BCUT2D eigenvalue weighted by molar-refractivity contribution is 6.42. The van der Waals surface area contributed by atoms with Crippen molar-refractivity contribution in [2.24, 2.45) is 0 Å². The molecule has 100 valence electrons. The van der Waals surface area contributed by atoms with Crippen LogP contribution < -0.4 is 0 Å². The minimum absolute atomic E-state index is 0.254. The first-order valence-electron chi connectivity index (χ1n) is 6.23. The second-order valence-corrected chi connectivity index (χ2v) is 5.86. The Morgan fingerprint density at radius 3 is 2.30 bits per heavy atom. The molecule has 3 heteroatoms. The Bertz CT molecular complexity index is 760. The van der Waals surface area contributed by atoms with Crippen LogP contribution in [0.2, 0.25) is 10.0 Å². The average molecular weight is 322 g/mol. The second kappa shape index (κ2) is 5.65. The summed E-state index contributed by atoms with van der Waals surface area (Å²) in [5, 5.41) is 3.14. The van der Waals surface area contributed by atoms with Crippen LogP contribution >= 0.6 is 34.8 Å². The van der Waals surface area contributed by atoms with Crippen molar-refractivity contribution in [2.75, 3.05) is 0 Å². The molecule has 0 amide bonds. The summed E-state index contributed by atoms with van der Waals surface area (Å²) in [6.45, 7) is 0. The normalized spacial score (nSPS) is 12.6. The average Bonchev–Trinajstić information content (AvgIpc) is 2.49. The molecule has 0 aliphatic heterocycles. The highest BCUT2D eigenvalue weighted by atomic mass is 35.5. The SMILES string of the molecule is Clc1ccc(C(Cl)c2cccc3ccccc23)cc1Cl. The van der Waals surface area contributed by atoms with Gasteiger partial charge >= 0.3 is 0 Å². The van der Waals surface area contributed by atoms with E-state index in [0.717, 1.165) is 16.5 Å². The summed E-state index contributed by atoms with van der Waals surface area (Å²) in [6.07, 6.45) is 0. The zero-order valence-corrected chi connectivity index (χ0v) is 12.8. The number of hydrogen-bond acceptors (Lipinski definition) is 0. The first-order chi connectivity index (χ1) is 9.66. The number of benzene rings is 3. The summed E-state index contributed by atoms with van der Waals surface area (Å²) in [6, 6.07) is 19.9. The molecule has 3 aromatic rings. The molecule has 0 saturated heterocycles. The van der Waals surface area contributed by atoms with Crippen molar-refractivity contribution in [3.8, 4) is 0 Å². The molecule has 0 aliphatic carbocycles. The van der Waals surface area contributed by atoms with Gasteiger partial charge in [-0.3, -0.25) is 0 Å². The van der Waals surface area contributed by atoms with E-state index >= 15 is 0 Å². The van der Waals surface area contributed by atoms with Gasteiger partial charge in [0.15, 0.2) is 0 Å². The van der Waals surface area contributed by atoms with E-state index in [0.29, 0.717) is 10.0 Å². The summed E-state index contributed by atoms with van der Waals surface area (Å²) >= 11 is 18.7. The largest absolute Gasteiger partial charge is 0.113 e. The second-order valence-electron chi connectivity index (χ2n) is 4.60. The molecule has 0 heterocycles. The van der Waals surface area contributed by atoms with E-state index in [2.05, 4.69) is 18.2 Å². The zero-order chi connectivity index (χ0) is 14.1. The predicted octanol–water partition coefficient (Wildman–Crippen LogP) is 6.47. The maximum absolute atomic E-state index is 6.63. The Morgan fingerprint density at radius 2 is 1.50 bits per heavy atom. The van der Waals surface area contributed by atoms with Crippen LogP contribution in [0.1, 0.15) is 16.5 Å². The van der Waals surface area contributed by atoms with E-state index in [1.165, 1.54) is 5.39 Å². The van der Waals surface area contributed by atoms with Crippen LogP contribution in [0.25, 0.3) is 10.8 Å². The molecule has 0 saturated carbocycles. The number of alkyl halides is 1. The molecule has 0 N–H and O–H groups in total. The molecule has 0 aromatic heterocycles. The molecule has 20 heavy (non-hydrogen) atoms. The van der Waals surface area contributed by atoms with Gasteiger partial charge in [0.2, 0.25) is 0 Å². The van der Waals surface area contributed by atoms with Gasteiger partial charge in [0.05, 0.1) is 15.4 Å². The Balaban J connectivity index is 2.12. The van der Waals surface area contributed by atoms with Gasteiger partial charge in [-0.1, -0.05) is 71.7 Å². The summed E-state index contributed by atoms with van der Waals surface area (Å²) in [4.78, 5) is 0. The highest BCUT2D eigenvalue weighted by Gasteiger charge is 2.14. The Morgan fingerprint density at radius 1 is 0.750 bits per heavy atom. The number of rotatable bonds is 2. The molecule has 0 bridgehead atoms. The molecule has 0 fully saturated rings. The lowest BCUT2D eigenvalue weighted by atomic mass is 9.98. The van der Waals surface area contributed by atoms with Crippen LogP contribution in [-0.2, 0) is 0 Å². The van der Waals surface area contributed by atoms with Gasteiger partial charge in [-0.05, 0) is 34.0 Å². The summed E-state index contributed by atoms with van der Waals surface area (Å²) < 4.78 is 0. The molecule has 1 unspecified atom stereocenters. The maximum atomic E-state index is 6.63. The highest BCUT2D eigenvalue weighted by Crippen LogP contribution is 2.36. The van der Waals surface area contributed by atoms with Gasteiger partial charge in [0.25, 0.3) is 0 Å². The molecule has 0 radical (unpaired) electrons. The maximum Gasteiger partial charge on any atom is 0.0841 e. The topological polar surface area (TPSA) is 0 Å². The fraction of sp³-hybridized carbons (Fsp3) is 0.0588. The van der Waals surface area contributed by atoms with Crippen molar-refractivity contribution < 1.29 is 0 Å². The minimum atomic E-state index is -0.254. The fourth-order valence-corrected chi connectivity index (χ4v) is 2.95. The number of halogens is 3. The third-order valence-corrected chi connectivity index (χ3v) is 4.56. The quantitative estimate of drug-likeness (QED) is 0.474. The van der Waals surface area contributed by atoms with Crippen LogP contribution in [-0.4, -0.2) is 0 Å². The number of fused-ring (bicyclic) bond motifs is 1.